The molecule has 0 aliphatic heterocycles. The van der Waals surface area contributed by atoms with Crippen molar-refractivity contribution in [1.82, 2.24) is 10.0 Å². The predicted octanol–water partition coefficient (Wildman–Crippen LogP) is 4.63. The fourth-order valence-corrected chi connectivity index (χ4v) is 4.80. The lowest BCUT2D eigenvalue weighted by Crippen LogP contribution is -2.33. The molecule has 0 radical (unpaired) electrons. The maximum Gasteiger partial charge on any atom is 0.251 e. The fourth-order valence-electron chi connectivity index (χ4n) is 3.35. The van der Waals surface area contributed by atoms with Gasteiger partial charge in [0.05, 0.1) is 13.2 Å². The molecule has 31 heavy (non-hydrogen) atoms. The summed E-state index contributed by atoms with van der Waals surface area (Å²) >= 11 is 0. The molecule has 0 fully saturated rings. The number of ether oxygens (including phenoxy) is 1. The van der Waals surface area contributed by atoms with E-state index in [1.807, 2.05) is 26.0 Å². The van der Waals surface area contributed by atoms with E-state index < -0.39 is 10.0 Å². The standard InChI is InChI=1S/C24H34N2O4S/c1-15(2)18-8-10-19(11-9-18)23(16(3)4)25-24(27)20-12-13-21(30-7)22(14-20)31(28,29)26-17(5)6/h8-17,23,26H,1-7H3,(H,25,27). The van der Waals surface area contributed by atoms with Crippen LogP contribution in [-0.4, -0.2) is 27.5 Å². The number of hydrogen-bond donors (Lipinski definition) is 2. The minimum atomic E-state index is -3.82. The molecule has 1 amide bonds. The number of benzene rings is 2. The number of carbonyl (C=O) groups is 1. The molecule has 2 N–H and O–H groups in total. The number of carbonyl (C=O) groups excluding carboxylic acids is 1. The van der Waals surface area contributed by atoms with Crippen LogP contribution in [-0.2, 0) is 10.0 Å². The summed E-state index contributed by atoms with van der Waals surface area (Å²) in [6.45, 7) is 11.8. The van der Waals surface area contributed by atoms with Gasteiger partial charge in [-0.05, 0) is 55.0 Å². The highest BCUT2D eigenvalue weighted by molar-refractivity contribution is 7.89. The average Bonchev–Trinajstić information content (AvgIpc) is 2.70. The van der Waals surface area contributed by atoms with Gasteiger partial charge in [-0.1, -0.05) is 52.0 Å². The van der Waals surface area contributed by atoms with Gasteiger partial charge in [0.1, 0.15) is 10.6 Å². The van der Waals surface area contributed by atoms with Crippen LogP contribution in [0.2, 0.25) is 0 Å². The van der Waals surface area contributed by atoms with E-state index in [9.17, 15) is 13.2 Å². The minimum absolute atomic E-state index is 0.0567. The molecule has 7 heteroatoms. The zero-order chi connectivity index (χ0) is 23.3. The molecule has 0 bridgehead atoms. The van der Waals surface area contributed by atoms with Crippen LogP contribution in [0.3, 0.4) is 0 Å². The SMILES string of the molecule is COc1ccc(C(=O)NC(c2ccc(C(C)C)cc2)C(C)C)cc1S(=O)(=O)NC(C)C. The summed E-state index contributed by atoms with van der Waals surface area (Å²) in [6.07, 6.45) is 0. The highest BCUT2D eigenvalue weighted by atomic mass is 32.2. The minimum Gasteiger partial charge on any atom is -0.495 e. The Kier molecular flexibility index (Phi) is 8.26. The molecule has 1 atom stereocenters. The molecule has 0 spiro atoms. The summed E-state index contributed by atoms with van der Waals surface area (Å²) in [7, 11) is -2.42. The maximum absolute atomic E-state index is 13.0. The van der Waals surface area contributed by atoms with Gasteiger partial charge in [0.2, 0.25) is 10.0 Å². The Bertz CT molecular complexity index is 997. The van der Waals surface area contributed by atoms with Crippen molar-refractivity contribution in [1.29, 1.82) is 0 Å². The lowest BCUT2D eigenvalue weighted by Gasteiger charge is -2.24. The van der Waals surface area contributed by atoms with Gasteiger partial charge in [0.25, 0.3) is 5.91 Å². The summed E-state index contributed by atoms with van der Waals surface area (Å²) in [6, 6.07) is 12.2. The highest BCUT2D eigenvalue weighted by Gasteiger charge is 2.24. The van der Waals surface area contributed by atoms with E-state index >= 15 is 0 Å². The Morgan fingerprint density at radius 2 is 1.48 bits per heavy atom. The molecule has 2 aromatic carbocycles. The molecule has 170 valence electrons. The zero-order valence-electron chi connectivity index (χ0n) is 19.4. The summed E-state index contributed by atoms with van der Waals surface area (Å²) in [5.41, 5.74) is 2.50. The summed E-state index contributed by atoms with van der Waals surface area (Å²) in [5, 5.41) is 3.06. The van der Waals surface area contributed by atoms with Crippen molar-refractivity contribution in [3.63, 3.8) is 0 Å². The zero-order valence-corrected chi connectivity index (χ0v) is 20.2. The van der Waals surface area contributed by atoms with Crippen LogP contribution in [0.5, 0.6) is 5.75 Å². The van der Waals surface area contributed by atoms with Gasteiger partial charge >= 0.3 is 0 Å². The van der Waals surface area contributed by atoms with Crippen LogP contribution < -0.4 is 14.8 Å². The number of hydrogen-bond acceptors (Lipinski definition) is 4. The van der Waals surface area contributed by atoms with Gasteiger partial charge in [0.15, 0.2) is 0 Å². The molecule has 0 heterocycles. The first-order valence-electron chi connectivity index (χ1n) is 10.6. The molecular formula is C24H34N2O4S. The monoisotopic (exact) mass is 446 g/mol. The smallest absolute Gasteiger partial charge is 0.251 e. The Hall–Kier alpha value is -2.38. The normalized spacial score (nSPS) is 13.0. The topological polar surface area (TPSA) is 84.5 Å². The van der Waals surface area contributed by atoms with Crippen LogP contribution in [0.25, 0.3) is 0 Å². The quantitative estimate of drug-likeness (QED) is 0.588. The summed E-state index contributed by atoms with van der Waals surface area (Å²) < 4.78 is 33.2. The Balaban J connectivity index is 2.35. The Morgan fingerprint density at radius 3 is 1.97 bits per heavy atom. The number of rotatable bonds is 9. The molecule has 1 unspecified atom stereocenters. The first-order valence-corrected chi connectivity index (χ1v) is 12.1. The van der Waals surface area contributed by atoms with Crippen LogP contribution in [0.1, 0.15) is 75.0 Å². The van der Waals surface area contributed by atoms with Gasteiger partial charge in [0, 0.05) is 11.6 Å². The molecule has 0 aliphatic carbocycles. The van der Waals surface area contributed by atoms with Crippen LogP contribution in [0.15, 0.2) is 47.4 Å². The van der Waals surface area contributed by atoms with E-state index in [1.165, 1.54) is 24.8 Å². The van der Waals surface area contributed by atoms with Crippen LogP contribution in [0, 0.1) is 5.92 Å². The second kappa shape index (κ2) is 10.3. The van der Waals surface area contributed by atoms with Crippen LogP contribution in [0.4, 0.5) is 0 Å². The van der Waals surface area contributed by atoms with E-state index in [4.69, 9.17) is 4.74 Å². The van der Waals surface area contributed by atoms with Crippen molar-refractivity contribution in [2.45, 2.75) is 64.4 Å². The third-order valence-corrected chi connectivity index (χ3v) is 6.70. The van der Waals surface area contributed by atoms with Crippen molar-refractivity contribution in [3.05, 3.63) is 59.2 Å². The van der Waals surface area contributed by atoms with Crippen molar-refractivity contribution in [2.24, 2.45) is 5.92 Å². The van der Waals surface area contributed by atoms with E-state index in [-0.39, 0.29) is 40.1 Å². The molecule has 0 saturated carbocycles. The number of nitrogens with one attached hydrogen (secondary N) is 2. The molecule has 0 aromatic heterocycles. The van der Waals surface area contributed by atoms with Gasteiger partial charge in [-0.3, -0.25) is 4.79 Å². The first-order chi connectivity index (χ1) is 14.5. The van der Waals surface area contributed by atoms with Gasteiger partial charge in [-0.15, -0.1) is 0 Å². The molecule has 0 aliphatic rings. The van der Waals surface area contributed by atoms with Crippen molar-refractivity contribution in [3.8, 4) is 5.75 Å². The lowest BCUT2D eigenvalue weighted by molar-refractivity contribution is 0.0925. The van der Waals surface area contributed by atoms with Gasteiger partial charge in [-0.2, -0.15) is 0 Å². The second-order valence-electron chi connectivity index (χ2n) is 8.66. The molecule has 6 nitrogen and oxygen atoms in total. The summed E-state index contributed by atoms with van der Waals surface area (Å²) in [5.74, 6) is 0.433. The van der Waals surface area contributed by atoms with Crippen molar-refractivity contribution in [2.75, 3.05) is 7.11 Å². The predicted molar refractivity (Wildman–Crippen MR) is 124 cm³/mol. The fraction of sp³-hybridized carbons (Fsp3) is 0.458. The van der Waals surface area contributed by atoms with Gasteiger partial charge in [-0.25, -0.2) is 13.1 Å². The maximum atomic E-state index is 13.0. The molecule has 2 aromatic rings. The Morgan fingerprint density at radius 1 is 0.903 bits per heavy atom. The van der Waals surface area contributed by atoms with E-state index in [0.717, 1.165) is 5.56 Å². The molecule has 0 saturated heterocycles. The largest absolute Gasteiger partial charge is 0.495 e. The molecular weight excluding hydrogens is 412 g/mol. The number of sulfonamides is 1. The van der Waals surface area contributed by atoms with Crippen LogP contribution >= 0.6 is 0 Å². The molecule has 2 rings (SSSR count). The second-order valence-corrected chi connectivity index (χ2v) is 10.3. The number of amides is 1. The van der Waals surface area contributed by atoms with E-state index in [0.29, 0.717) is 5.92 Å². The lowest BCUT2D eigenvalue weighted by atomic mass is 9.93. The van der Waals surface area contributed by atoms with Crippen molar-refractivity contribution < 1.29 is 17.9 Å². The van der Waals surface area contributed by atoms with E-state index in [1.54, 1.807) is 19.9 Å². The highest BCUT2D eigenvalue weighted by Crippen LogP contribution is 2.27. The first kappa shape index (κ1) is 24.9. The van der Waals surface area contributed by atoms with Crippen molar-refractivity contribution >= 4 is 15.9 Å². The number of methoxy groups -OCH3 is 1. The Labute approximate surface area is 186 Å². The third kappa shape index (κ3) is 6.31. The average molecular weight is 447 g/mol. The van der Waals surface area contributed by atoms with Gasteiger partial charge < -0.3 is 10.1 Å². The summed E-state index contributed by atoms with van der Waals surface area (Å²) in [4.78, 5) is 13.0. The van der Waals surface area contributed by atoms with E-state index in [2.05, 4.69) is 36.0 Å². The third-order valence-electron chi connectivity index (χ3n) is 5.02.